The van der Waals surface area contributed by atoms with Gasteiger partial charge in [-0.15, -0.1) is 0 Å². The molecule has 2 aliphatic carbocycles. The average molecular weight is 439 g/mol. The van der Waals surface area contributed by atoms with Crippen molar-refractivity contribution in [1.29, 1.82) is 0 Å². The molecule has 2 N–H and O–H groups in total. The first-order valence-electron chi connectivity index (χ1n) is 10.8. The lowest BCUT2D eigenvalue weighted by Crippen LogP contribution is -2.38. The number of hydrogen-bond acceptors (Lipinski definition) is 4. The molecule has 7 heteroatoms. The van der Waals surface area contributed by atoms with Gasteiger partial charge in [-0.1, -0.05) is 18.5 Å². The topological polar surface area (TPSA) is 66.9 Å². The number of amides is 1. The summed E-state index contributed by atoms with van der Waals surface area (Å²) < 4.78 is 13.7. The van der Waals surface area contributed by atoms with Crippen LogP contribution >= 0.6 is 11.6 Å². The van der Waals surface area contributed by atoms with E-state index < -0.39 is 0 Å². The molecule has 2 saturated carbocycles. The third kappa shape index (κ3) is 3.97. The Hall–Kier alpha value is -2.73. The van der Waals surface area contributed by atoms with E-state index >= 15 is 0 Å². The molecule has 31 heavy (non-hydrogen) atoms. The van der Waals surface area contributed by atoms with E-state index in [-0.39, 0.29) is 17.8 Å². The molecule has 2 fully saturated rings. The highest BCUT2D eigenvalue weighted by Crippen LogP contribution is 2.59. The van der Waals surface area contributed by atoms with Gasteiger partial charge in [-0.05, 0) is 79.5 Å². The van der Waals surface area contributed by atoms with E-state index in [0.29, 0.717) is 45.6 Å². The van der Waals surface area contributed by atoms with E-state index in [1.165, 1.54) is 18.5 Å². The number of anilines is 1. The Morgan fingerprint density at radius 2 is 1.90 bits per heavy atom. The van der Waals surface area contributed by atoms with Crippen LogP contribution in [0.2, 0.25) is 5.02 Å². The number of carbonyl (C=O) groups is 1. The smallest absolute Gasteiger partial charge is 0.251 e. The fourth-order valence-electron chi connectivity index (χ4n) is 5.27. The third-order valence-electron chi connectivity index (χ3n) is 6.78. The molecule has 0 spiro atoms. The largest absolute Gasteiger partial charge is 0.367 e. The van der Waals surface area contributed by atoms with E-state index in [1.54, 1.807) is 30.3 Å². The number of fused-ring (bicyclic) bond motifs is 2. The molecule has 5 rings (SSSR count). The van der Waals surface area contributed by atoms with Crippen molar-refractivity contribution in [3.8, 4) is 0 Å². The van der Waals surface area contributed by atoms with Crippen LogP contribution in [0.5, 0.6) is 0 Å². The van der Waals surface area contributed by atoms with Gasteiger partial charge in [0.1, 0.15) is 18.0 Å². The number of hydrogen-bond donors (Lipinski definition) is 2. The maximum atomic E-state index is 13.7. The van der Waals surface area contributed by atoms with Crippen molar-refractivity contribution < 1.29 is 9.18 Å². The SMILES string of the molecule is CCC(NC(=O)c1ccc(Cl)cc1)C1C2CC(Nc3ncnc4ccc(F)cc34)CC21. The number of nitrogens with zero attached hydrogens (tertiary/aromatic N) is 2. The standard InChI is InChI=1S/C24H24ClFN4O/c1-2-20(30-24(31)13-3-5-14(25)6-4-13)22-17-10-16(11-18(17)22)29-23-19-9-15(26)7-8-21(19)27-12-28-23/h3-9,12,16-18,20,22H,2,10-11H2,1H3,(H,30,31)(H,27,28,29). The summed E-state index contributed by atoms with van der Waals surface area (Å²) in [6.07, 6.45) is 4.48. The summed E-state index contributed by atoms with van der Waals surface area (Å²) in [5, 5.41) is 8.06. The second kappa shape index (κ2) is 8.08. The Balaban J connectivity index is 1.21. The van der Waals surface area contributed by atoms with Crippen LogP contribution in [0.4, 0.5) is 10.2 Å². The van der Waals surface area contributed by atoms with E-state index in [1.807, 2.05) is 0 Å². The second-order valence-electron chi connectivity index (χ2n) is 8.60. The van der Waals surface area contributed by atoms with E-state index in [4.69, 9.17) is 11.6 Å². The minimum atomic E-state index is -0.290. The summed E-state index contributed by atoms with van der Waals surface area (Å²) in [5.74, 6) is 2.06. The van der Waals surface area contributed by atoms with Crippen molar-refractivity contribution in [1.82, 2.24) is 15.3 Å². The van der Waals surface area contributed by atoms with Gasteiger partial charge < -0.3 is 10.6 Å². The number of benzene rings is 2. The Morgan fingerprint density at radius 3 is 2.61 bits per heavy atom. The van der Waals surface area contributed by atoms with Gasteiger partial charge in [0.2, 0.25) is 0 Å². The minimum Gasteiger partial charge on any atom is -0.367 e. The van der Waals surface area contributed by atoms with E-state index in [0.717, 1.165) is 24.8 Å². The van der Waals surface area contributed by atoms with E-state index in [9.17, 15) is 9.18 Å². The van der Waals surface area contributed by atoms with Gasteiger partial charge in [0.05, 0.1) is 5.52 Å². The Labute approximate surface area is 185 Å². The normalized spacial score (nSPS) is 25.1. The van der Waals surface area contributed by atoms with Crippen LogP contribution in [0.1, 0.15) is 36.5 Å². The average Bonchev–Trinajstić information content (AvgIpc) is 3.26. The minimum absolute atomic E-state index is 0.0438. The van der Waals surface area contributed by atoms with Crippen LogP contribution in [-0.2, 0) is 0 Å². The Kier molecular flexibility index (Phi) is 5.26. The molecule has 2 aromatic carbocycles. The maximum Gasteiger partial charge on any atom is 0.251 e. The fourth-order valence-corrected chi connectivity index (χ4v) is 5.39. The van der Waals surface area contributed by atoms with Crippen LogP contribution in [0.25, 0.3) is 10.9 Å². The molecule has 5 nitrogen and oxygen atoms in total. The van der Waals surface area contributed by atoms with Gasteiger partial charge in [0.15, 0.2) is 0 Å². The van der Waals surface area contributed by atoms with Crippen LogP contribution in [0.15, 0.2) is 48.8 Å². The Morgan fingerprint density at radius 1 is 1.16 bits per heavy atom. The molecule has 1 amide bonds. The lowest BCUT2D eigenvalue weighted by atomic mass is 9.99. The zero-order valence-electron chi connectivity index (χ0n) is 17.2. The summed E-state index contributed by atoms with van der Waals surface area (Å²) in [6, 6.07) is 12.0. The molecular weight excluding hydrogens is 415 g/mol. The van der Waals surface area contributed by atoms with Crippen LogP contribution in [0, 0.1) is 23.6 Å². The van der Waals surface area contributed by atoms with Gasteiger partial charge in [-0.3, -0.25) is 4.79 Å². The van der Waals surface area contributed by atoms with Crippen molar-refractivity contribution in [2.24, 2.45) is 17.8 Å². The van der Waals surface area contributed by atoms with Gasteiger partial charge in [-0.25, -0.2) is 14.4 Å². The van der Waals surface area contributed by atoms with Gasteiger partial charge in [-0.2, -0.15) is 0 Å². The molecule has 1 heterocycles. The molecule has 3 atom stereocenters. The highest BCUT2D eigenvalue weighted by atomic mass is 35.5. The first-order chi connectivity index (χ1) is 15.0. The third-order valence-corrected chi connectivity index (χ3v) is 7.03. The van der Waals surface area contributed by atoms with Crippen molar-refractivity contribution in [2.45, 2.75) is 38.3 Å². The van der Waals surface area contributed by atoms with Gasteiger partial charge >= 0.3 is 0 Å². The summed E-state index contributed by atoms with van der Waals surface area (Å²) >= 11 is 5.92. The van der Waals surface area contributed by atoms with Crippen LogP contribution in [0.3, 0.4) is 0 Å². The molecule has 3 aromatic rings. The lowest BCUT2D eigenvalue weighted by Gasteiger charge is -2.22. The highest BCUT2D eigenvalue weighted by molar-refractivity contribution is 6.30. The van der Waals surface area contributed by atoms with Crippen LogP contribution in [-0.4, -0.2) is 28.0 Å². The summed E-state index contributed by atoms with van der Waals surface area (Å²) in [6.45, 7) is 2.12. The quantitative estimate of drug-likeness (QED) is 0.564. The zero-order valence-corrected chi connectivity index (χ0v) is 17.9. The lowest BCUT2D eigenvalue weighted by molar-refractivity contribution is 0.0927. The number of halogens is 2. The van der Waals surface area contributed by atoms with Gasteiger partial charge in [0, 0.05) is 28.1 Å². The predicted molar refractivity (Wildman–Crippen MR) is 120 cm³/mol. The van der Waals surface area contributed by atoms with E-state index in [2.05, 4.69) is 27.5 Å². The fraction of sp³-hybridized carbons (Fsp3) is 0.375. The number of rotatable bonds is 6. The summed E-state index contributed by atoms with van der Waals surface area (Å²) in [5.41, 5.74) is 1.37. The number of aromatic nitrogens is 2. The van der Waals surface area contributed by atoms with Crippen molar-refractivity contribution in [2.75, 3.05) is 5.32 Å². The number of nitrogens with one attached hydrogen (secondary N) is 2. The number of carbonyl (C=O) groups excluding carboxylic acids is 1. The molecule has 0 saturated heterocycles. The maximum absolute atomic E-state index is 13.7. The molecule has 1 aromatic heterocycles. The monoisotopic (exact) mass is 438 g/mol. The first kappa shape index (κ1) is 20.2. The molecule has 0 bridgehead atoms. The molecule has 0 radical (unpaired) electrons. The molecular formula is C24H24ClFN4O. The van der Waals surface area contributed by atoms with Crippen molar-refractivity contribution in [3.05, 3.63) is 65.2 Å². The van der Waals surface area contributed by atoms with Crippen LogP contribution < -0.4 is 10.6 Å². The molecule has 2 aliphatic rings. The first-order valence-corrected chi connectivity index (χ1v) is 11.1. The summed E-state index contributed by atoms with van der Waals surface area (Å²) in [4.78, 5) is 21.2. The molecule has 0 aliphatic heterocycles. The Bertz CT molecular complexity index is 1110. The van der Waals surface area contributed by atoms with Crippen molar-refractivity contribution in [3.63, 3.8) is 0 Å². The predicted octanol–water partition coefficient (Wildman–Crippen LogP) is 5.07. The molecule has 3 unspecified atom stereocenters. The summed E-state index contributed by atoms with van der Waals surface area (Å²) in [7, 11) is 0. The second-order valence-corrected chi connectivity index (χ2v) is 9.03. The molecule has 160 valence electrons. The highest BCUT2D eigenvalue weighted by Gasteiger charge is 2.58. The zero-order chi connectivity index (χ0) is 21.5. The van der Waals surface area contributed by atoms with Gasteiger partial charge in [0.25, 0.3) is 5.91 Å². The van der Waals surface area contributed by atoms with Crippen molar-refractivity contribution >= 4 is 34.2 Å².